The quantitative estimate of drug-likeness (QED) is 0.279. The Labute approximate surface area is 252 Å². The third kappa shape index (κ3) is 3.51. The first kappa shape index (κ1) is 27.5. The molecule has 43 heavy (non-hydrogen) atoms. The Morgan fingerprint density at radius 1 is 1.02 bits per heavy atom. The fourth-order valence-electron chi connectivity index (χ4n) is 10.3. The van der Waals surface area contributed by atoms with Crippen LogP contribution in [0.3, 0.4) is 0 Å². The number of aliphatic hydroxyl groups is 3. The van der Waals surface area contributed by atoms with Crippen molar-refractivity contribution < 1.29 is 24.9 Å². The summed E-state index contributed by atoms with van der Waals surface area (Å²) in [5, 5.41) is 36.4. The van der Waals surface area contributed by atoms with Crippen molar-refractivity contribution in [2.45, 2.75) is 69.2 Å². The molecule has 0 saturated heterocycles. The minimum atomic E-state index is -1.71. The standard InChI is InChI=1S/C38H40O5/c1-22-35-30(21-39)20-37(38(35,42)43-2)34(41)11-8-23-5-3-6-24(13-23)14-32-31-18-28-17-29-19-36(22,37)12-4-7-25(29)15-27(28)16-26(31)9-10-33(32)40/h3,5-6,9-10,13,15-18,30,32-33,35,39-40,42H,1,4,7-8,11-12,14,19-21H2,2H3/t30-,32-,33-,35+,36-,37-,38+/m1/s1. The summed E-state index contributed by atoms with van der Waals surface area (Å²) in [6.07, 6.45) is 8.47. The zero-order valence-electron chi connectivity index (χ0n) is 24.8. The molecule has 0 unspecified atom stereocenters. The Hall–Kier alpha value is -3.09. The van der Waals surface area contributed by atoms with Gasteiger partial charge in [-0.1, -0.05) is 66.8 Å². The van der Waals surface area contributed by atoms with Crippen molar-refractivity contribution in [2.24, 2.45) is 22.7 Å². The molecule has 3 N–H and O–H groups in total. The van der Waals surface area contributed by atoms with E-state index in [0.29, 0.717) is 25.7 Å². The SMILES string of the molecule is C=C1[C@H]2[C@@H](CO)C[C@]3(C(=O)CCc4cccc(c4)C[C@@H]4c5cc6cc7c(cc6cc5C=C[C@H]4O)CCC[C@@]13C7)[C@@]2(O)OC. The molecular weight excluding hydrogens is 536 g/mol. The van der Waals surface area contributed by atoms with Gasteiger partial charge in [0.15, 0.2) is 5.79 Å². The molecule has 3 aromatic rings. The van der Waals surface area contributed by atoms with E-state index in [-0.39, 0.29) is 30.6 Å². The maximum Gasteiger partial charge on any atom is 0.185 e. The van der Waals surface area contributed by atoms with Gasteiger partial charge in [0.25, 0.3) is 0 Å². The number of hydrogen-bond donors (Lipinski definition) is 3. The summed E-state index contributed by atoms with van der Waals surface area (Å²) in [6, 6.07) is 17.5. The van der Waals surface area contributed by atoms with Crippen LogP contribution in [0.2, 0.25) is 0 Å². The molecule has 222 valence electrons. The summed E-state index contributed by atoms with van der Waals surface area (Å²) in [4.78, 5) is 14.8. The summed E-state index contributed by atoms with van der Waals surface area (Å²) in [5.41, 5.74) is 6.02. The van der Waals surface area contributed by atoms with Crippen molar-refractivity contribution in [3.8, 4) is 0 Å². The number of carbonyl (C=O) groups is 1. The highest BCUT2D eigenvalue weighted by molar-refractivity contribution is 5.91. The van der Waals surface area contributed by atoms with Crippen molar-refractivity contribution in [3.63, 3.8) is 0 Å². The van der Waals surface area contributed by atoms with Crippen LogP contribution in [-0.2, 0) is 35.2 Å². The first-order chi connectivity index (χ1) is 20.7. The number of aryl methyl sites for hydroxylation is 2. The van der Waals surface area contributed by atoms with E-state index in [4.69, 9.17) is 4.74 Å². The van der Waals surface area contributed by atoms with Gasteiger partial charge in [-0.2, -0.15) is 0 Å². The predicted octanol–water partition coefficient (Wildman–Crippen LogP) is 5.45. The van der Waals surface area contributed by atoms with E-state index < -0.39 is 28.6 Å². The van der Waals surface area contributed by atoms with Crippen molar-refractivity contribution >= 4 is 22.6 Å². The molecule has 0 aliphatic heterocycles. The minimum absolute atomic E-state index is 0.0120. The van der Waals surface area contributed by atoms with Crippen LogP contribution < -0.4 is 0 Å². The van der Waals surface area contributed by atoms with Gasteiger partial charge in [0.2, 0.25) is 0 Å². The lowest BCUT2D eigenvalue weighted by Crippen LogP contribution is -2.57. The van der Waals surface area contributed by atoms with Gasteiger partial charge in [-0.15, -0.1) is 0 Å². The van der Waals surface area contributed by atoms with E-state index >= 15 is 0 Å². The van der Waals surface area contributed by atoms with Crippen LogP contribution in [0, 0.1) is 22.7 Å². The van der Waals surface area contributed by atoms with Gasteiger partial charge < -0.3 is 20.1 Å². The van der Waals surface area contributed by atoms with Crippen molar-refractivity contribution in [1.82, 2.24) is 0 Å². The molecule has 8 bridgehead atoms. The van der Waals surface area contributed by atoms with Gasteiger partial charge >= 0.3 is 0 Å². The summed E-state index contributed by atoms with van der Waals surface area (Å²) in [5.74, 6) is -2.53. The fraction of sp³-hybridized carbons (Fsp3) is 0.447. The number of ketones is 1. The number of hydrogen-bond acceptors (Lipinski definition) is 5. The molecule has 0 amide bonds. The van der Waals surface area contributed by atoms with Gasteiger partial charge in [0, 0.05) is 37.4 Å². The lowest BCUT2D eigenvalue weighted by molar-refractivity contribution is -0.256. The lowest BCUT2D eigenvalue weighted by atomic mass is 9.53. The average molecular weight is 577 g/mol. The maximum absolute atomic E-state index is 14.8. The first-order valence-corrected chi connectivity index (χ1v) is 15.9. The van der Waals surface area contributed by atoms with Crippen LogP contribution in [-0.4, -0.2) is 46.7 Å². The second-order valence-electron chi connectivity index (χ2n) is 13.9. The molecule has 2 saturated carbocycles. The molecule has 5 nitrogen and oxygen atoms in total. The molecule has 3 aromatic carbocycles. The molecule has 2 fully saturated rings. The molecule has 2 spiro atoms. The maximum atomic E-state index is 14.8. The smallest absolute Gasteiger partial charge is 0.185 e. The fourth-order valence-corrected chi connectivity index (χ4v) is 10.3. The summed E-state index contributed by atoms with van der Waals surface area (Å²) in [7, 11) is 1.51. The Kier molecular flexibility index (Phi) is 6.04. The molecule has 0 heterocycles. The van der Waals surface area contributed by atoms with Gasteiger partial charge in [-0.05, 0) is 101 Å². The molecule has 0 aromatic heterocycles. The second kappa shape index (κ2) is 9.45. The van der Waals surface area contributed by atoms with Crippen LogP contribution >= 0.6 is 0 Å². The van der Waals surface area contributed by atoms with E-state index in [1.54, 1.807) is 0 Å². The molecular formula is C38H40O5. The number of fused-ring (bicyclic) bond motifs is 3. The first-order valence-electron chi connectivity index (χ1n) is 15.9. The third-order valence-corrected chi connectivity index (χ3v) is 12.2. The van der Waals surface area contributed by atoms with Crippen molar-refractivity contribution in [2.75, 3.05) is 13.7 Å². The van der Waals surface area contributed by atoms with Crippen molar-refractivity contribution in [3.05, 3.63) is 100 Å². The molecule has 7 atom stereocenters. The summed E-state index contributed by atoms with van der Waals surface area (Å²) in [6.45, 7) is 4.51. The van der Waals surface area contributed by atoms with Crippen LogP contribution in [0.25, 0.3) is 16.8 Å². The Morgan fingerprint density at radius 2 is 1.81 bits per heavy atom. The van der Waals surface area contributed by atoms with Crippen LogP contribution in [0.4, 0.5) is 0 Å². The highest BCUT2D eigenvalue weighted by Gasteiger charge is 2.81. The molecule has 5 aliphatic rings. The molecule has 5 heteroatoms. The summed E-state index contributed by atoms with van der Waals surface area (Å²) >= 11 is 0. The van der Waals surface area contributed by atoms with E-state index in [1.165, 1.54) is 29.2 Å². The second-order valence-corrected chi connectivity index (χ2v) is 13.9. The van der Waals surface area contributed by atoms with Gasteiger partial charge in [0.05, 0.1) is 11.5 Å². The van der Waals surface area contributed by atoms with E-state index in [0.717, 1.165) is 46.9 Å². The van der Waals surface area contributed by atoms with Gasteiger partial charge in [0.1, 0.15) is 5.78 Å². The molecule has 0 radical (unpaired) electrons. The molecule has 8 rings (SSSR count). The monoisotopic (exact) mass is 576 g/mol. The van der Waals surface area contributed by atoms with Crippen LogP contribution in [0.1, 0.15) is 65.0 Å². The van der Waals surface area contributed by atoms with Crippen LogP contribution in [0.5, 0.6) is 0 Å². The predicted molar refractivity (Wildman–Crippen MR) is 166 cm³/mol. The number of Topliss-reactive ketones (excluding diaryl/α,β-unsaturated/α-hetero) is 1. The van der Waals surface area contributed by atoms with E-state index in [2.05, 4.69) is 55.1 Å². The number of ether oxygens (including phenoxy) is 1. The minimum Gasteiger partial charge on any atom is -0.396 e. The zero-order chi connectivity index (χ0) is 29.7. The zero-order valence-corrected chi connectivity index (χ0v) is 24.8. The Morgan fingerprint density at radius 3 is 2.63 bits per heavy atom. The van der Waals surface area contributed by atoms with E-state index in [1.807, 2.05) is 12.1 Å². The molecule has 5 aliphatic carbocycles. The highest BCUT2D eigenvalue weighted by Crippen LogP contribution is 2.76. The normalized spacial score (nSPS) is 36.1. The largest absolute Gasteiger partial charge is 0.396 e. The Bertz CT molecular complexity index is 1720. The van der Waals surface area contributed by atoms with Crippen LogP contribution in [0.15, 0.2) is 66.8 Å². The number of methoxy groups -OCH3 is 1. The van der Waals surface area contributed by atoms with Gasteiger partial charge in [-0.25, -0.2) is 0 Å². The average Bonchev–Trinajstić information content (AvgIpc) is 3.24. The number of rotatable bonds is 2. The number of carbonyl (C=O) groups excluding carboxylic acids is 1. The Balaban J connectivity index is 1.39. The third-order valence-electron chi connectivity index (χ3n) is 12.2. The highest BCUT2D eigenvalue weighted by atomic mass is 16.6. The van der Waals surface area contributed by atoms with Crippen molar-refractivity contribution in [1.29, 1.82) is 0 Å². The number of aliphatic hydroxyl groups excluding tert-OH is 2. The van der Waals surface area contributed by atoms with Gasteiger partial charge in [-0.3, -0.25) is 4.79 Å². The van der Waals surface area contributed by atoms with E-state index in [9.17, 15) is 20.1 Å². The number of benzene rings is 3. The topological polar surface area (TPSA) is 87.0 Å². The summed E-state index contributed by atoms with van der Waals surface area (Å²) < 4.78 is 6.02. The lowest BCUT2D eigenvalue weighted by Gasteiger charge is -2.50.